The topological polar surface area (TPSA) is 86.7 Å². The number of hydrogen-bond acceptors (Lipinski definition) is 4. The maximum absolute atomic E-state index is 11.8. The van der Waals surface area contributed by atoms with Gasteiger partial charge in [0, 0.05) is 6.07 Å². The average molecular weight is 414 g/mol. The van der Waals surface area contributed by atoms with Gasteiger partial charge in [-0.15, -0.1) is 0 Å². The van der Waals surface area contributed by atoms with Crippen molar-refractivity contribution < 1.29 is 52.4 Å². The van der Waals surface area contributed by atoms with Crippen LogP contribution in [-0.4, -0.2) is 13.0 Å². The Balaban J connectivity index is 0.00000392. The van der Waals surface area contributed by atoms with Crippen LogP contribution < -0.4 is 39.4 Å². The summed E-state index contributed by atoms with van der Waals surface area (Å²) in [5, 5.41) is 11.7. The van der Waals surface area contributed by atoms with E-state index in [1.54, 1.807) is 24.3 Å². The van der Waals surface area contributed by atoms with Gasteiger partial charge in [-0.3, -0.25) is 4.55 Å². The number of unbranched alkanes of at least 4 members (excludes halogenated alkanes) is 6. The van der Waals surface area contributed by atoms with Crippen LogP contribution in [0.25, 0.3) is 0 Å². The van der Waals surface area contributed by atoms with Crippen molar-refractivity contribution in [3.05, 3.63) is 48.0 Å². The molecule has 0 aromatic heterocycles. The van der Waals surface area contributed by atoms with Gasteiger partial charge in [0.1, 0.15) is 16.4 Å². The quantitative estimate of drug-likeness (QED) is 0.346. The third-order valence-corrected chi connectivity index (χ3v) is 5.38. The maximum atomic E-state index is 11.8. The molecule has 2 rings (SSSR count). The van der Waals surface area contributed by atoms with Gasteiger partial charge in [-0.1, -0.05) is 75.5 Å². The van der Waals surface area contributed by atoms with Crippen molar-refractivity contribution in [3.63, 3.8) is 0 Å². The summed E-state index contributed by atoms with van der Waals surface area (Å²) in [5.74, 6) is 0.0194. The van der Waals surface area contributed by atoms with E-state index >= 15 is 0 Å². The number of aryl methyl sites for hydroxylation is 1. The van der Waals surface area contributed by atoms with Crippen molar-refractivity contribution in [2.24, 2.45) is 0 Å². The van der Waals surface area contributed by atoms with Gasteiger partial charge in [-0.05, 0) is 30.5 Å². The molecule has 28 heavy (non-hydrogen) atoms. The van der Waals surface area contributed by atoms with Crippen molar-refractivity contribution in [2.45, 2.75) is 63.2 Å². The van der Waals surface area contributed by atoms with Crippen LogP contribution in [0.15, 0.2) is 47.4 Å². The molecule has 0 aliphatic heterocycles. The second-order valence-corrected chi connectivity index (χ2v) is 8.05. The van der Waals surface area contributed by atoms with Crippen LogP contribution in [0.5, 0.6) is 17.2 Å². The molecule has 7 heteroatoms. The second kappa shape index (κ2) is 12.5. The molecule has 0 heterocycles. The third kappa shape index (κ3) is 8.13. The van der Waals surface area contributed by atoms with Crippen LogP contribution in [0.3, 0.4) is 0 Å². The molecular formula is C21H27NaO5S. The summed E-state index contributed by atoms with van der Waals surface area (Å²) in [7, 11) is -4.37. The van der Waals surface area contributed by atoms with E-state index in [1.807, 2.05) is 0 Å². The summed E-state index contributed by atoms with van der Waals surface area (Å²) in [6.07, 6.45) is 8.48. The fourth-order valence-electron chi connectivity index (χ4n) is 2.98. The summed E-state index contributed by atoms with van der Waals surface area (Å²) in [4.78, 5) is -0.158. The molecule has 0 saturated heterocycles. The predicted octanol–water partition coefficient (Wildman–Crippen LogP) is 2.10. The Kier molecular flexibility index (Phi) is 11.2. The minimum Gasteiger partial charge on any atom is -0.870 e. The van der Waals surface area contributed by atoms with E-state index in [0.29, 0.717) is 12.0 Å². The maximum Gasteiger partial charge on any atom is 1.00 e. The molecule has 0 atom stereocenters. The van der Waals surface area contributed by atoms with Crippen LogP contribution >= 0.6 is 0 Å². The summed E-state index contributed by atoms with van der Waals surface area (Å²) in [6.45, 7) is 2.18. The molecule has 0 aliphatic carbocycles. The molecule has 0 bridgehead atoms. The monoisotopic (exact) mass is 414 g/mol. The smallest absolute Gasteiger partial charge is 0.870 e. The third-order valence-electron chi connectivity index (χ3n) is 4.44. The van der Waals surface area contributed by atoms with Crippen LogP contribution in [0.2, 0.25) is 0 Å². The van der Waals surface area contributed by atoms with Crippen molar-refractivity contribution in [1.29, 1.82) is 0 Å². The van der Waals surface area contributed by atoms with Crippen LogP contribution in [0.4, 0.5) is 0 Å². The average Bonchev–Trinajstić information content (AvgIpc) is 2.63. The van der Waals surface area contributed by atoms with E-state index in [-0.39, 0.29) is 51.7 Å². The van der Waals surface area contributed by atoms with Crippen molar-refractivity contribution in [3.8, 4) is 17.2 Å². The Morgan fingerprint density at radius 3 is 2.25 bits per heavy atom. The van der Waals surface area contributed by atoms with E-state index in [9.17, 15) is 18.1 Å². The van der Waals surface area contributed by atoms with Gasteiger partial charge >= 0.3 is 29.6 Å². The zero-order chi connectivity index (χ0) is 19.7. The van der Waals surface area contributed by atoms with Crippen molar-refractivity contribution >= 4 is 10.1 Å². The molecule has 2 aromatic rings. The predicted molar refractivity (Wildman–Crippen MR) is 104 cm³/mol. The van der Waals surface area contributed by atoms with Crippen molar-refractivity contribution in [1.82, 2.24) is 0 Å². The fraction of sp³-hybridized carbons (Fsp3) is 0.429. The number of para-hydroxylation sites is 2. The zero-order valence-corrected chi connectivity index (χ0v) is 19.5. The van der Waals surface area contributed by atoms with Gasteiger partial charge < -0.3 is 9.84 Å². The summed E-state index contributed by atoms with van der Waals surface area (Å²) < 4.78 is 38.6. The number of rotatable bonds is 11. The Morgan fingerprint density at radius 1 is 0.964 bits per heavy atom. The normalized spacial score (nSPS) is 11.1. The second-order valence-electron chi connectivity index (χ2n) is 6.66. The van der Waals surface area contributed by atoms with Gasteiger partial charge in [0.15, 0.2) is 0 Å². The summed E-state index contributed by atoms with van der Waals surface area (Å²) >= 11 is 0. The zero-order valence-electron chi connectivity index (χ0n) is 16.7. The van der Waals surface area contributed by atoms with Gasteiger partial charge in [-0.25, -0.2) is 0 Å². The van der Waals surface area contributed by atoms with E-state index in [2.05, 4.69) is 6.92 Å². The van der Waals surface area contributed by atoms with Gasteiger partial charge in [0.25, 0.3) is 10.1 Å². The first-order valence-electron chi connectivity index (χ1n) is 9.46. The first-order valence-corrected chi connectivity index (χ1v) is 10.9. The largest absolute Gasteiger partial charge is 1.00 e. The SMILES string of the molecule is CCCCCCCCCc1ccc(Oc2ccccc2[O-])cc1S(=O)(=O)O.[Na+]. The summed E-state index contributed by atoms with van der Waals surface area (Å²) in [5.41, 5.74) is 0.564. The van der Waals surface area contributed by atoms with Crippen molar-refractivity contribution in [2.75, 3.05) is 0 Å². The molecule has 0 spiro atoms. The fourth-order valence-corrected chi connectivity index (χ4v) is 3.75. The minimum absolute atomic E-state index is 0. The van der Waals surface area contributed by atoms with E-state index < -0.39 is 10.1 Å². The molecule has 5 nitrogen and oxygen atoms in total. The van der Waals surface area contributed by atoms with Gasteiger partial charge in [0.05, 0.1) is 0 Å². The number of benzene rings is 2. The summed E-state index contributed by atoms with van der Waals surface area (Å²) in [6, 6.07) is 10.7. The van der Waals surface area contributed by atoms with Crippen LogP contribution in [0.1, 0.15) is 57.4 Å². The van der Waals surface area contributed by atoms with E-state index in [1.165, 1.54) is 43.9 Å². The van der Waals surface area contributed by atoms with Crippen LogP contribution in [0, 0.1) is 0 Å². The molecule has 2 aromatic carbocycles. The molecular weight excluding hydrogens is 387 g/mol. The first-order chi connectivity index (χ1) is 12.9. The Bertz CT molecular complexity index is 836. The Morgan fingerprint density at radius 2 is 1.61 bits per heavy atom. The molecule has 0 aliphatic rings. The number of ether oxygens (including phenoxy) is 1. The Labute approximate surface area is 190 Å². The molecule has 0 radical (unpaired) electrons. The van der Waals surface area contributed by atoms with Crippen LogP contribution in [-0.2, 0) is 16.5 Å². The first kappa shape index (κ1) is 25.0. The molecule has 0 amide bonds. The standard InChI is InChI=1S/C21H28O5S.Na/c1-2-3-4-5-6-7-8-11-17-14-15-18(16-21(17)27(23,24)25)26-20-13-10-9-12-19(20)22;/h9-10,12-16,22H,2-8,11H2,1H3,(H,23,24,25);/q;+1/p-1. The van der Waals surface area contributed by atoms with Gasteiger partial charge in [-0.2, -0.15) is 8.42 Å². The minimum atomic E-state index is -4.37. The molecule has 148 valence electrons. The van der Waals surface area contributed by atoms with E-state index in [4.69, 9.17) is 4.74 Å². The Hall–Kier alpha value is -1.05. The molecule has 0 unspecified atom stereocenters. The molecule has 1 N–H and O–H groups in total. The van der Waals surface area contributed by atoms with E-state index in [0.717, 1.165) is 19.3 Å². The molecule has 0 fully saturated rings. The number of hydrogen-bond donors (Lipinski definition) is 1. The van der Waals surface area contributed by atoms with Gasteiger partial charge in [0.2, 0.25) is 0 Å². The molecule has 0 saturated carbocycles.